The highest BCUT2D eigenvalue weighted by atomic mass is 79.9. The van der Waals surface area contributed by atoms with Crippen LogP contribution in [-0.2, 0) is 6.42 Å². The maximum absolute atomic E-state index is 8.64. The highest BCUT2D eigenvalue weighted by molar-refractivity contribution is 9.10. The SMILES string of the molecule is OC(O)Cc1cccc(Br)c1. The van der Waals surface area contributed by atoms with E-state index < -0.39 is 6.29 Å². The summed E-state index contributed by atoms with van der Waals surface area (Å²) < 4.78 is 0.954. The van der Waals surface area contributed by atoms with E-state index in [9.17, 15) is 0 Å². The van der Waals surface area contributed by atoms with E-state index in [1.54, 1.807) is 0 Å². The van der Waals surface area contributed by atoms with Crippen molar-refractivity contribution in [2.45, 2.75) is 12.7 Å². The first-order chi connectivity index (χ1) is 5.18. The molecule has 0 amide bonds. The van der Waals surface area contributed by atoms with Crippen molar-refractivity contribution in [3.05, 3.63) is 34.3 Å². The first-order valence-electron chi connectivity index (χ1n) is 3.29. The van der Waals surface area contributed by atoms with Gasteiger partial charge in [0.1, 0.15) is 0 Å². The zero-order valence-corrected chi connectivity index (χ0v) is 7.45. The van der Waals surface area contributed by atoms with Crippen molar-refractivity contribution < 1.29 is 10.2 Å². The third-order valence-electron chi connectivity index (χ3n) is 1.31. The van der Waals surface area contributed by atoms with Crippen molar-refractivity contribution >= 4 is 15.9 Å². The first-order valence-corrected chi connectivity index (χ1v) is 4.08. The molecule has 0 fully saturated rings. The molecule has 0 atom stereocenters. The van der Waals surface area contributed by atoms with Crippen LogP contribution in [0.15, 0.2) is 28.7 Å². The molecule has 1 rings (SSSR count). The van der Waals surface area contributed by atoms with E-state index in [2.05, 4.69) is 15.9 Å². The van der Waals surface area contributed by atoms with E-state index in [1.165, 1.54) is 0 Å². The van der Waals surface area contributed by atoms with Crippen LogP contribution in [0.5, 0.6) is 0 Å². The van der Waals surface area contributed by atoms with Gasteiger partial charge in [-0.2, -0.15) is 0 Å². The summed E-state index contributed by atoms with van der Waals surface area (Å²) in [6, 6.07) is 7.47. The van der Waals surface area contributed by atoms with Gasteiger partial charge in [0.25, 0.3) is 0 Å². The minimum absolute atomic E-state index is 0.277. The van der Waals surface area contributed by atoms with E-state index in [0.29, 0.717) is 0 Å². The molecule has 0 spiro atoms. The van der Waals surface area contributed by atoms with Gasteiger partial charge >= 0.3 is 0 Å². The summed E-state index contributed by atoms with van der Waals surface area (Å²) in [6.07, 6.45) is -0.983. The standard InChI is InChI=1S/C8H9BrO2/c9-7-3-1-2-6(4-7)5-8(10)11/h1-4,8,10-11H,5H2. The summed E-state index contributed by atoms with van der Waals surface area (Å²) in [5.41, 5.74) is 0.911. The second-order valence-electron chi connectivity index (χ2n) is 2.31. The van der Waals surface area contributed by atoms with Crippen LogP contribution in [0.1, 0.15) is 5.56 Å². The van der Waals surface area contributed by atoms with Gasteiger partial charge in [0, 0.05) is 10.9 Å². The quantitative estimate of drug-likeness (QED) is 0.733. The number of aliphatic hydroxyl groups excluding tert-OH is 1. The monoisotopic (exact) mass is 216 g/mol. The van der Waals surface area contributed by atoms with Gasteiger partial charge in [-0.3, -0.25) is 0 Å². The molecule has 2 N–H and O–H groups in total. The molecule has 11 heavy (non-hydrogen) atoms. The molecule has 0 aliphatic heterocycles. The fraction of sp³-hybridized carbons (Fsp3) is 0.250. The second kappa shape index (κ2) is 3.85. The summed E-state index contributed by atoms with van der Waals surface area (Å²) in [5, 5.41) is 17.3. The van der Waals surface area contributed by atoms with Gasteiger partial charge in [-0.1, -0.05) is 28.1 Å². The van der Waals surface area contributed by atoms with Gasteiger partial charge < -0.3 is 10.2 Å². The summed E-state index contributed by atoms with van der Waals surface area (Å²) >= 11 is 3.29. The van der Waals surface area contributed by atoms with E-state index in [1.807, 2.05) is 24.3 Å². The summed E-state index contributed by atoms with van der Waals surface area (Å²) in [7, 11) is 0. The van der Waals surface area contributed by atoms with E-state index in [0.717, 1.165) is 10.0 Å². The molecule has 0 radical (unpaired) electrons. The maximum atomic E-state index is 8.64. The molecule has 0 bridgehead atoms. The number of aliphatic hydroxyl groups is 2. The molecule has 0 saturated heterocycles. The highest BCUT2D eigenvalue weighted by Crippen LogP contribution is 2.12. The molecule has 0 saturated carbocycles. The zero-order valence-electron chi connectivity index (χ0n) is 5.87. The van der Waals surface area contributed by atoms with Gasteiger partial charge in [-0.25, -0.2) is 0 Å². The van der Waals surface area contributed by atoms with Crippen molar-refractivity contribution in [1.29, 1.82) is 0 Å². The van der Waals surface area contributed by atoms with Crippen molar-refractivity contribution in [3.63, 3.8) is 0 Å². The van der Waals surface area contributed by atoms with Crippen LogP contribution >= 0.6 is 15.9 Å². The van der Waals surface area contributed by atoms with E-state index >= 15 is 0 Å². The minimum Gasteiger partial charge on any atom is -0.368 e. The average Bonchev–Trinajstić information content (AvgIpc) is 1.85. The lowest BCUT2D eigenvalue weighted by Crippen LogP contribution is -2.07. The van der Waals surface area contributed by atoms with E-state index in [4.69, 9.17) is 10.2 Å². The predicted molar refractivity (Wildman–Crippen MR) is 46.1 cm³/mol. The Morgan fingerprint density at radius 2 is 2.09 bits per heavy atom. The Kier molecular flexibility index (Phi) is 3.05. The summed E-state index contributed by atoms with van der Waals surface area (Å²) in [5.74, 6) is 0. The maximum Gasteiger partial charge on any atom is 0.155 e. The lowest BCUT2D eigenvalue weighted by Gasteiger charge is -2.02. The Morgan fingerprint density at radius 3 is 2.64 bits per heavy atom. The van der Waals surface area contributed by atoms with Crippen molar-refractivity contribution in [3.8, 4) is 0 Å². The molecule has 60 valence electrons. The second-order valence-corrected chi connectivity index (χ2v) is 3.23. The van der Waals surface area contributed by atoms with Crippen LogP contribution in [0.4, 0.5) is 0 Å². The van der Waals surface area contributed by atoms with Gasteiger partial charge in [0.15, 0.2) is 6.29 Å². The topological polar surface area (TPSA) is 40.5 Å². The summed E-state index contributed by atoms with van der Waals surface area (Å²) in [6.45, 7) is 0. The van der Waals surface area contributed by atoms with Gasteiger partial charge in [-0.15, -0.1) is 0 Å². The smallest absolute Gasteiger partial charge is 0.155 e. The van der Waals surface area contributed by atoms with Crippen LogP contribution in [-0.4, -0.2) is 16.5 Å². The number of hydrogen-bond acceptors (Lipinski definition) is 2. The molecule has 0 heterocycles. The van der Waals surface area contributed by atoms with Crippen LogP contribution in [0.25, 0.3) is 0 Å². The molecule has 1 aromatic rings. The molecule has 3 heteroatoms. The highest BCUT2D eigenvalue weighted by Gasteiger charge is 1.99. The molecule has 2 nitrogen and oxygen atoms in total. The van der Waals surface area contributed by atoms with Crippen LogP contribution in [0, 0.1) is 0 Å². The van der Waals surface area contributed by atoms with Crippen LogP contribution < -0.4 is 0 Å². The lowest BCUT2D eigenvalue weighted by atomic mass is 10.1. The molecular weight excluding hydrogens is 208 g/mol. The molecule has 0 aromatic heterocycles. The Bertz CT molecular complexity index is 235. The fourth-order valence-electron chi connectivity index (χ4n) is 0.875. The largest absolute Gasteiger partial charge is 0.368 e. The molecule has 1 aromatic carbocycles. The molecule has 0 unspecified atom stereocenters. The van der Waals surface area contributed by atoms with Crippen LogP contribution in [0.3, 0.4) is 0 Å². The molecular formula is C8H9BrO2. The third-order valence-corrected chi connectivity index (χ3v) is 1.80. The van der Waals surface area contributed by atoms with E-state index in [-0.39, 0.29) is 6.42 Å². The summed E-state index contributed by atoms with van der Waals surface area (Å²) in [4.78, 5) is 0. The van der Waals surface area contributed by atoms with Gasteiger partial charge in [0.05, 0.1) is 0 Å². The predicted octanol–water partition coefficient (Wildman–Crippen LogP) is 1.30. The van der Waals surface area contributed by atoms with Gasteiger partial charge in [-0.05, 0) is 17.7 Å². The Morgan fingerprint density at radius 1 is 1.36 bits per heavy atom. The zero-order chi connectivity index (χ0) is 8.27. The average molecular weight is 217 g/mol. The lowest BCUT2D eigenvalue weighted by molar-refractivity contribution is -0.0381. The normalized spacial score (nSPS) is 10.5. The number of benzene rings is 1. The van der Waals surface area contributed by atoms with Crippen molar-refractivity contribution in [2.75, 3.05) is 0 Å². The van der Waals surface area contributed by atoms with Crippen LogP contribution in [0.2, 0.25) is 0 Å². The van der Waals surface area contributed by atoms with Crippen molar-refractivity contribution in [2.24, 2.45) is 0 Å². The number of halogens is 1. The fourth-order valence-corrected chi connectivity index (χ4v) is 1.32. The third kappa shape index (κ3) is 3.01. The van der Waals surface area contributed by atoms with Crippen molar-refractivity contribution in [1.82, 2.24) is 0 Å². The van der Waals surface area contributed by atoms with Gasteiger partial charge in [0.2, 0.25) is 0 Å². The number of rotatable bonds is 2. The first kappa shape index (κ1) is 8.71. The molecule has 0 aliphatic carbocycles. The number of hydrogen-bond donors (Lipinski definition) is 2. The Labute approximate surface area is 73.6 Å². The molecule has 0 aliphatic rings. The Hall–Kier alpha value is -0.380. The Balaban J connectivity index is 2.71. The minimum atomic E-state index is -1.26.